The number of aromatic amines is 1. The number of nitrogens with one attached hydrogen (secondary N) is 2. The maximum atomic E-state index is 12.6. The van der Waals surface area contributed by atoms with Crippen LogP contribution >= 0.6 is 0 Å². The highest BCUT2D eigenvalue weighted by atomic mass is 19.4. The molecule has 0 atom stereocenters. The molecule has 146 valence electrons. The Balaban J connectivity index is 1.44. The number of anilines is 1. The van der Waals surface area contributed by atoms with E-state index in [1.165, 1.54) is 12.8 Å². The second kappa shape index (κ2) is 7.18. The highest BCUT2D eigenvalue weighted by molar-refractivity contribution is 6.07. The maximum Gasteiger partial charge on any atom is 0.416 e. The summed E-state index contributed by atoms with van der Waals surface area (Å²) in [5, 5.41) is 10.2. The van der Waals surface area contributed by atoms with Crippen molar-refractivity contribution in [2.45, 2.75) is 25.4 Å². The summed E-state index contributed by atoms with van der Waals surface area (Å²) in [5.74, 6) is 1.29. The molecule has 28 heavy (non-hydrogen) atoms. The number of amides is 1. The number of carbonyl (C=O) groups excluding carboxylic acids is 1. The number of fused-ring (bicyclic) bond motifs is 1. The minimum atomic E-state index is -4.44. The zero-order valence-corrected chi connectivity index (χ0v) is 14.8. The first-order valence-corrected chi connectivity index (χ1v) is 9.00. The predicted octanol–water partition coefficient (Wildman–Crippen LogP) is 5.01. The lowest BCUT2D eigenvalue weighted by molar-refractivity contribution is -0.137. The third kappa shape index (κ3) is 4.11. The van der Waals surface area contributed by atoms with E-state index in [0.29, 0.717) is 23.3 Å². The molecular weight excluding hydrogens is 371 g/mol. The molecule has 0 aliphatic heterocycles. The number of alkyl halides is 3. The van der Waals surface area contributed by atoms with Crippen molar-refractivity contribution in [3.63, 3.8) is 0 Å². The monoisotopic (exact) mass is 389 g/mol. The second-order valence-corrected chi connectivity index (χ2v) is 6.89. The van der Waals surface area contributed by atoms with Crippen molar-refractivity contribution >= 4 is 22.6 Å². The topological polar surface area (TPSA) is 67.0 Å². The van der Waals surface area contributed by atoms with Gasteiger partial charge < -0.3 is 10.1 Å². The third-order valence-corrected chi connectivity index (χ3v) is 4.73. The fourth-order valence-corrected chi connectivity index (χ4v) is 2.92. The van der Waals surface area contributed by atoms with Crippen LogP contribution in [-0.4, -0.2) is 22.7 Å². The number of H-pyrrole nitrogens is 1. The van der Waals surface area contributed by atoms with E-state index in [2.05, 4.69) is 15.5 Å². The molecule has 3 aromatic rings. The van der Waals surface area contributed by atoms with Gasteiger partial charge in [0.2, 0.25) is 0 Å². The van der Waals surface area contributed by atoms with Gasteiger partial charge in [-0.15, -0.1) is 0 Å². The van der Waals surface area contributed by atoms with Crippen molar-refractivity contribution < 1.29 is 22.7 Å². The number of rotatable bonds is 6. The van der Waals surface area contributed by atoms with Gasteiger partial charge in [-0.1, -0.05) is 12.8 Å². The van der Waals surface area contributed by atoms with Gasteiger partial charge in [0, 0.05) is 17.0 Å². The van der Waals surface area contributed by atoms with Crippen LogP contribution in [0.4, 0.5) is 19.0 Å². The smallest absolute Gasteiger partial charge is 0.416 e. The van der Waals surface area contributed by atoms with Gasteiger partial charge in [0.1, 0.15) is 5.75 Å². The molecule has 4 rings (SSSR count). The van der Waals surface area contributed by atoms with Gasteiger partial charge in [-0.2, -0.15) is 18.3 Å². The summed E-state index contributed by atoms with van der Waals surface area (Å²) in [6.45, 7) is 0.668. The summed E-state index contributed by atoms with van der Waals surface area (Å²) >= 11 is 0. The molecule has 0 unspecified atom stereocenters. The summed E-state index contributed by atoms with van der Waals surface area (Å²) in [4.78, 5) is 12.3. The Morgan fingerprint density at radius 1 is 1.18 bits per heavy atom. The fraction of sp³-hybridized carbons (Fsp3) is 0.300. The average molecular weight is 389 g/mol. The minimum absolute atomic E-state index is 0.115. The molecule has 1 aliphatic carbocycles. The number of hydrogen-bond acceptors (Lipinski definition) is 3. The predicted molar refractivity (Wildman–Crippen MR) is 98.3 cm³/mol. The van der Waals surface area contributed by atoms with Gasteiger partial charge in [-0.25, -0.2) is 0 Å². The number of carbonyl (C=O) groups is 1. The van der Waals surface area contributed by atoms with Crippen LogP contribution < -0.4 is 10.1 Å². The normalized spacial score (nSPS) is 14.2. The molecule has 0 spiro atoms. The maximum absolute atomic E-state index is 12.6. The Bertz CT molecular complexity index is 992. The molecule has 1 aromatic heterocycles. The third-order valence-electron chi connectivity index (χ3n) is 4.73. The van der Waals surface area contributed by atoms with E-state index in [-0.39, 0.29) is 5.56 Å². The summed E-state index contributed by atoms with van der Waals surface area (Å²) in [6, 6.07) is 9.43. The molecule has 0 bridgehead atoms. The average Bonchev–Trinajstić information content (AvgIpc) is 3.41. The number of ether oxygens (including phenoxy) is 1. The van der Waals surface area contributed by atoms with Crippen LogP contribution in [0.3, 0.4) is 0 Å². The SMILES string of the molecule is O=C(Nc1n[nH]c2cc(OCCC3CC3)ccc12)c1ccc(C(F)(F)F)cc1. The zero-order valence-electron chi connectivity index (χ0n) is 14.8. The number of aromatic nitrogens is 2. The van der Waals surface area contributed by atoms with Gasteiger partial charge in [-0.05, 0) is 48.7 Å². The van der Waals surface area contributed by atoms with Gasteiger partial charge in [0.15, 0.2) is 5.82 Å². The van der Waals surface area contributed by atoms with E-state index in [1.54, 1.807) is 12.1 Å². The number of nitrogens with zero attached hydrogens (tertiary/aromatic N) is 1. The first-order valence-electron chi connectivity index (χ1n) is 9.00. The fourth-order valence-electron chi connectivity index (χ4n) is 2.92. The highest BCUT2D eigenvalue weighted by Crippen LogP contribution is 2.33. The quantitative estimate of drug-likeness (QED) is 0.623. The van der Waals surface area contributed by atoms with Crippen molar-refractivity contribution in [1.29, 1.82) is 0 Å². The van der Waals surface area contributed by atoms with Gasteiger partial charge in [0.05, 0.1) is 17.7 Å². The van der Waals surface area contributed by atoms with E-state index < -0.39 is 17.6 Å². The Hall–Kier alpha value is -3.03. The number of halogens is 3. The number of benzene rings is 2. The molecule has 2 aromatic carbocycles. The van der Waals surface area contributed by atoms with Crippen molar-refractivity contribution in [3.05, 3.63) is 53.6 Å². The van der Waals surface area contributed by atoms with Gasteiger partial charge in [0.25, 0.3) is 5.91 Å². The largest absolute Gasteiger partial charge is 0.494 e. The van der Waals surface area contributed by atoms with Crippen molar-refractivity contribution in [1.82, 2.24) is 10.2 Å². The van der Waals surface area contributed by atoms with Crippen molar-refractivity contribution in [2.75, 3.05) is 11.9 Å². The zero-order chi connectivity index (χ0) is 19.7. The molecule has 1 saturated carbocycles. The lowest BCUT2D eigenvalue weighted by Crippen LogP contribution is -2.13. The Morgan fingerprint density at radius 3 is 2.61 bits per heavy atom. The van der Waals surface area contributed by atoms with E-state index >= 15 is 0 Å². The first kappa shape index (κ1) is 18.3. The molecule has 1 fully saturated rings. The van der Waals surface area contributed by atoms with Crippen LogP contribution in [-0.2, 0) is 6.18 Å². The van der Waals surface area contributed by atoms with Crippen molar-refractivity contribution in [2.24, 2.45) is 5.92 Å². The van der Waals surface area contributed by atoms with E-state index in [9.17, 15) is 18.0 Å². The molecule has 1 amide bonds. The molecule has 8 heteroatoms. The minimum Gasteiger partial charge on any atom is -0.494 e. The van der Waals surface area contributed by atoms with E-state index in [4.69, 9.17) is 4.74 Å². The van der Waals surface area contributed by atoms with Crippen LogP contribution in [0.5, 0.6) is 5.75 Å². The molecule has 0 radical (unpaired) electrons. The molecule has 1 aliphatic rings. The second-order valence-electron chi connectivity index (χ2n) is 6.89. The van der Waals surface area contributed by atoms with Crippen molar-refractivity contribution in [3.8, 4) is 5.75 Å². The summed E-state index contributed by atoms with van der Waals surface area (Å²) in [6.07, 6.45) is -0.822. The molecular formula is C20H18F3N3O2. The molecule has 5 nitrogen and oxygen atoms in total. The van der Waals surface area contributed by atoms with Gasteiger partial charge >= 0.3 is 6.18 Å². The van der Waals surface area contributed by atoms with Crippen LogP contribution in [0.25, 0.3) is 10.9 Å². The summed E-state index contributed by atoms with van der Waals surface area (Å²) in [7, 11) is 0. The van der Waals surface area contributed by atoms with Crippen LogP contribution in [0.2, 0.25) is 0 Å². The summed E-state index contributed by atoms with van der Waals surface area (Å²) in [5.41, 5.74) is 0.0132. The van der Waals surface area contributed by atoms with Gasteiger partial charge in [-0.3, -0.25) is 9.89 Å². The lowest BCUT2D eigenvalue weighted by atomic mass is 10.1. The molecule has 1 heterocycles. The van der Waals surface area contributed by atoms with E-state index in [0.717, 1.165) is 42.4 Å². The Labute approximate surface area is 158 Å². The molecule has 0 saturated heterocycles. The van der Waals surface area contributed by atoms with Crippen LogP contribution in [0.15, 0.2) is 42.5 Å². The highest BCUT2D eigenvalue weighted by Gasteiger charge is 2.30. The lowest BCUT2D eigenvalue weighted by Gasteiger charge is -2.08. The Kier molecular flexibility index (Phi) is 4.70. The standard InChI is InChI=1S/C20H18F3N3O2/c21-20(22,23)14-5-3-13(4-6-14)19(27)24-18-16-8-7-15(11-17(16)25-26-18)28-10-9-12-1-2-12/h3-8,11-12H,1-2,9-10H2,(H2,24,25,26,27). The number of hydrogen-bond donors (Lipinski definition) is 2. The molecule has 2 N–H and O–H groups in total. The van der Waals surface area contributed by atoms with E-state index in [1.807, 2.05) is 6.07 Å². The Morgan fingerprint density at radius 2 is 1.93 bits per heavy atom. The first-order chi connectivity index (χ1) is 13.4. The van der Waals surface area contributed by atoms with Crippen LogP contribution in [0, 0.1) is 5.92 Å². The van der Waals surface area contributed by atoms with Crippen LogP contribution in [0.1, 0.15) is 35.2 Å². The summed E-state index contributed by atoms with van der Waals surface area (Å²) < 4.78 is 43.6.